The standard InChI is InChI=1S/C17H19NO2/c19-16(20)17(14-8-3-1-4-9-14)12-7-13-18(17)15-10-5-2-6-11-15/h1-6,8-11,16,19-20H,7,12-13H2/t17-/m1/s1. The van der Waals surface area contributed by atoms with E-state index in [1.807, 2.05) is 60.7 Å². The van der Waals surface area contributed by atoms with E-state index in [2.05, 4.69) is 4.90 Å². The second kappa shape index (κ2) is 5.27. The van der Waals surface area contributed by atoms with Crippen molar-refractivity contribution in [1.82, 2.24) is 0 Å². The Labute approximate surface area is 119 Å². The highest BCUT2D eigenvalue weighted by Crippen LogP contribution is 2.43. The van der Waals surface area contributed by atoms with Gasteiger partial charge in [0.05, 0.1) is 0 Å². The number of nitrogens with zero attached hydrogens (tertiary/aromatic N) is 1. The Bertz CT molecular complexity index is 556. The maximum atomic E-state index is 10.1. The second-order valence-corrected chi connectivity index (χ2v) is 5.25. The summed E-state index contributed by atoms with van der Waals surface area (Å²) in [5.41, 5.74) is 1.24. The summed E-state index contributed by atoms with van der Waals surface area (Å²) in [7, 11) is 0. The van der Waals surface area contributed by atoms with Crippen LogP contribution in [0.25, 0.3) is 0 Å². The zero-order valence-electron chi connectivity index (χ0n) is 11.3. The van der Waals surface area contributed by atoms with E-state index in [0.717, 1.165) is 30.6 Å². The monoisotopic (exact) mass is 269 g/mol. The molecule has 0 amide bonds. The molecule has 3 heteroatoms. The molecule has 1 atom stereocenters. The first-order valence-corrected chi connectivity index (χ1v) is 6.99. The number of hydrogen-bond acceptors (Lipinski definition) is 3. The molecule has 0 spiro atoms. The van der Waals surface area contributed by atoms with Crippen LogP contribution in [-0.4, -0.2) is 23.0 Å². The molecule has 2 aromatic rings. The van der Waals surface area contributed by atoms with E-state index >= 15 is 0 Å². The van der Waals surface area contributed by atoms with E-state index in [1.54, 1.807) is 0 Å². The first kappa shape index (κ1) is 13.2. The van der Waals surface area contributed by atoms with E-state index in [4.69, 9.17) is 0 Å². The number of benzene rings is 2. The maximum Gasteiger partial charge on any atom is 0.179 e. The van der Waals surface area contributed by atoms with Crippen LogP contribution < -0.4 is 4.90 Å². The zero-order valence-corrected chi connectivity index (χ0v) is 11.3. The average molecular weight is 269 g/mol. The highest BCUT2D eigenvalue weighted by Gasteiger charge is 2.47. The van der Waals surface area contributed by atoms with E-state index in [1.165, 1.54) is 0 Å². The summed E-state index contributed by atoms with van der Waals surface area (Å²) in [5.74, 6) is 0. The van der Waals surface area contributed by atoms with Crippen LogP contribution in [0.1, 0.15) is 18.4 Å². The first-order valence-electron chi connectivity index (χ1n) is 6.99. The molecule has 1 aliphatic heterocycles. The average Bonchev–Trinajstić information content (AvgIpc) is 2.95. The maximum absolute atomic E-state index is 10.1. The first-order chi connectivity index (χ1) is 9.75. The van der Waals surface area contributed by atoms with Crippen LogP contribution in [0.2, 0.25) is 0 Å². The van der Waals surface area contributed by atoms with Gasteiger partial charge in [0.25, 0.3) is 0 Å². The Morgan fingerprint density at radius 3 is 2.10 bits per heavy atom. The Morgan fingerprint density at radius 2 is 1.50 bits per heavy atom. The summed E-state index contributed by atoms with van der Waals surface area (Å²) in [6.45, 7) is 0.830. The molecule has 0 aliphatic carbocycles. The summed E-state index contributed by atoms with van der Waals surface area (Å²) >= 11 is 0. The molecule has 1 saturated heterocycles. The summed E-state index contributed by atoms with van der Waals surface area (Å²) in [4.78, 5) is 2.12. The van der Waals surface area contributed by atoms with Crippen molar-refractivity contribution in [2.24, 2.45) is 0 Å². The molecule has 0 bridgehead atoms. The molecule has 104 valence electrons. The minimum atomic E-state index is -1.41. The van der Waals surface area contributed by atoms with Crippen molar-refractivity contribution in [2.75, 3.05) is 11.4 Å². The van der Waals surface area contributed by atoms with Gasteiger partial charge in [0, 0.05) is 12.2 Å². The van der Waals surface area contributed by atoms with Crippen molar-refractivity contribution in [2.45, 2.75) is 24.7 Å². The summed E-state index contributed by atoms with van der Waals surface area (Å²) < 4.78 is 0. The van der Waals surface area contributed by atoms with Gasteiger partial charge in [-0.05, 0) is 30.5 Å². The fraction of sp³-hybridized carbons (Fsp3) is 0.294. The van der Waals surface area contributed by atoms with Gasteiger partial charge in [-0.2, -0.15) is 0 Å². The minimum absolute atomic E-state index is 0.740. The Balaban J connectivity index is 2.10. The van der Waals surface area contributed by atoms with Gasteiger partial charge < -0.3 is 15.1 Å². The number of aliphatic hydroxyl groups excluding tert-OH is 1. The largest absolute Gasteiger partial charge is 0.366 e. The molecule has 1 aliphatic rings. The molecule has 1 fully saturated rings. The lowest BCUT2D eigenvalue weighted by Gasteiger charge is -2.41. The molecule has 2 N–H and O–H groups in total. The molecule has 3 rings (SSSR count). The van der Waals surface area contributed by atoms with Crippen LogP contribution in [0, 0.1) is 0 Å². The third kappa shape index (κ3) is 1.99. The number of aliphatic hydroxyl groups is 2. The minimum Gasteiger partial charge on any atom is -0.366 e. The van der Waals surface area contributed by atoms with Gasteiger partial charge >= 0.3 is 0 Å². The molecular formula is C17H19NO2. The topological polar surface area (TPSA) is 43.7 Å². The van der Waals surface area contributed by atoms with Crippen LogP contribution in [0.5, 0.6) is 0 Å². The molecule has 0 aromatic heterocycles. The molecule has 0 radical (unpaired) electrons. The van der Waals surface area contributed by atoms with Gasteiger partial charge in [0.15, 0.2) is 6.29 Å². The Kier molecular flexibility index (Phi) is 3.47. The van der Waals surface area contributed by atoms with Gasteiger partial charge in [-0.25, -0.2) is 0 Å². The SMILES string of the molecule is OC(O)[C@]1(c2ccccc2)CCCN1c1ccccc1. The molecule has 20 heavy (non-hydrogen) atoms. The number of rotatable bonds is 3. The predicted molar refractivity (Wildman–Crippen MR) is 79.4 cm³/mol. The lowest BCUT2D eigenvalue weighted by Crippen LogP contribution is -2.50. The van der Waals surface area contributed by atoms with Crippen LogP contribution in [0.3, 0.4) is 0 Å². The Hall–Kier alpha value is -1.84. The molecule has 1 heterocycles. The summed E-state index contributed by atoms with van der Waals surface area (Å²) in [6, 6.07) is 19.8. The van der Waals surface area contributed by atoms with Gasteiger partial charge in [-0.3, -0.25) is 0 Å². The highest BCUT2D eigenvalue weighted by molar-refractivity contribution is 5.53. The smallest absolute Gasteiger partial charge is 0.179 e. The third-order valence-corrected chi connectivity index (χ3v) is 4.19. The lowest BCUT2D eigenvalue weighted by atomic mass is 9.86. The van der Waals surface area contributed by atoms with Crippen molar-refractivity contribution in [3.8, 4) is 0 Å². The van der Waals surface area contributed by atoms with Crippen LogP contribution >= 0.6 is 0 Å². The molecule has 0 unspecified atom stereocenters. The van der Waals surface area contributed by atoms with Crippen LogP contribution in [0.4, 0.5) is 5.69 Å². The highest BCUT2D eigenvalue weighted by atomic mass is 16.5. The van der Waals surface area contributed by atoms with Crippen LogP contribution in [0.15, 0.2) is 60.7 Å². The lowest BCUT2D eigenvalue weighted by molar-refractivity contribution is -0.0974. The number of hydrogen-bond donors (Lipinski definition) is 2. The molecule has 0 saturated carbocycles. The fourth-order valence-corrected chi connectivity index (χ4v) is 3.25. The second-order valence-electron chi connectivity index (χ2n) is 5.25. The van der Waals surface area contributed by atoms with Crippen molar-refractivity contribution in [3.63, 3.8) is 0 Å². The van der Waals surface area contributed by atoms with Gasteiger partial charge in [0.2, 0.25) is 0 Å². The summed E-state index contributed by atoms with van der Waals surface area (Å²) in [6.07, 6.45) is 0.276. The fourth-order valence-electron chi connectivity index (χ4n) is 3.25. The van der Waals surface area contributed by atoms with E-state index in [9.17, 15) is 10.2 Å². The molecule has 3 nitrogen and oxygen atoms in total. The van der Waals surface area contributed by atoms with Gasteiger partial charge in [0.1, 0.15) is 5.54 Å². The van der Waals surface area contributed by atoms with E-state index in [-0.39, 0.29) is 0 Å². The predicted octanol–water partition coefficient (Wildman–Crippen LogP) is 2.49. The van der Waals surface area contributed by atoms with E-state index < -0.39 is 11.8 Å². The van der Waals surface area contributed by atoms with Crippen molar-refractivity contribution in [3.05, 3.63) is 66.2 Å². The summed E-state index contributed by atoms with van der Waals surface area (Å²) in [5, 5.41) is 20.2. The van der Waals surface area contributed by atoms with Crippen molar-refractivity contribution in [1.29, 1.82) is 0 Å². The van der Waals surface area contributed by atoms with Crippen molar-refractivity contribution >= 4 is 5.69 Å². The molecule has 2 aromatic carbocycles. The normalized spacial score (nSPS) is 22.4. The zero-order chi connectivity index (χ0) is 14.0. The number of anilines is 1. The van der Waals surface area contributed by atoms with Crippen LogP contribution in [-0.2, 0) is 5.54 Å². The molecular weight excluding hydrogens is 250 g/mol. The quantitative estimate of drug-likeness (QED) is 0.841. The van der Waals surface area contributed by atoms with Crippen molar-refractivity contribution < 1.29 is 10.2 Å². The number of para-hydroxylation sites is 1. The van der Waals surface area contributed by atoms with Gasteiger partial charge in [-0.1, -0.05) is 48.5 Å². The Morgan fingerprint density at radius 1 is 0.900 bits per heavy atom. The van der Waals surface area contributed by atoms with E-state index in [0.29, 0.717) is 0 Å². The third-order valence-electron chi connectivity index (χ3n) is 4.19. The van der Waals surface area contributed by atoms with Gasteiger partial charge in [-0.15, -0.1) is 0 Å².